The molecule has 0 heterocycles. The standard InChI is InChI=1S/C15H17N3/c1-18(2)14-10-8-13(9-11-14)15(17-16)12-6-4-3-5-7-12/h3-11,15-16H,1-2H3. The molecule has 0 aromatic heterocycles. The van der Waals surface area contributed by atoms with Crippen molar-refractivity contribution in [1.29, 1.82) is 5.53 Å². The van der Waals surface area contributed by atoms with Gasteiger partial charge in [0.25, 0.3) is 0 Å². The molecule has 2 aromatic carbocycles. The van der Waals surface area contributed by atoms with Gasteiger partial charge in [-0.1, -0.05) is 42.5 Å². The molecule has 0 amide bonds. The molecule has 0 spiro atoms. The lowest BCUT2D eigenvalue weighted by molar-refractivity contribution is 0.775. The lowest BCUT2D eigenvalue weighted by atomic mass is 9.99. The maximum atomic E-state index is 7.39. The Morgan fingerprint density at radius 2 is 1.44 bits per heavy atom. The van der Waals surface area contributed by atoms with Gasteiger partial charge in [-0.15, -0.1) is 0 Å². The van der Waals surface area contributed by atoms with Crippen molar-refractivity contribution in [1.82, 2.24) is 0 Å². The van der Waals surface area contributed by atoms with E-state index in [-0.39, 0.29) is 6.04 Å². The number of anilines is 1. The van der Waals surface area contributed by atoms with Crippen LogP contribution in [0.3, 0.4) is 0 Å². The Balaban J connectivity index is 2.31. The van der Waals surface area contributed by atoms with Gasteiger partial charge in [-0.25, -0.2) is 5.53 Å². The molecule has 0 saturated heterocycles. The molecule has 0 aliphatic heterocycles. The van der Waals surface area contributed by atoms with Crippen molar-refractivity contribution in [3.8, 4) is 0 Å². The van der Waals surface area contributed by atoms with E-state index in [2.05, 4.69) is 22.1 Å². The van der Waals surface area contributed by atoms with E-state index in [9.17, 15) is 0 Å². The molecule has 18 heavy (non-hydrogen) atoms. The molecule has 2 aromatic rings. The maximum absolute atomic E-state index is 7.39. The summed E-state index contributed by atoms with van der Waals surface area (Å²) in [5.41, 5.74) is 10.6. The molecular weight excluding hydrogens is 222 g/mol. The van der Waals surface area contributed by atoms with E-state index in [1.807, 2.05) is 56.6 Å². The Kier molecular flexibility index (Phi) is 3.72. The van der Waals surface area contributed by atoms with E-state index in [0.29, 0.717) is 0 Å². The van der Waals surface area contributed by atoms with Gasteiger partial charge in [0.1, 0.15) is 6.04 Å². The third-order valence-corrected chi connectivity index (χ3v) is 2.97. The number of nitrogens with zero attached hydrogens (tertiary/aromatic N) is 2. The highest BCUT2D eigenvalue weighted by molar-refractivity contribution is 5.47. The Morgan fingerprint density at radius 1 is 0.889 bits per heavy atom. The summed E-state index contributed by atoms with van der Waals surface area (Å²) in [6.45, 7) is 0. The summed E-state index contributed by atoms with van der Waals surface area (Å²) in [5, 5.41) is 3.74. The van der Waals surface area contributed by atoms with Crippen LogP contribution >= 0.6 is 0 Å². The fourth-order valence-electron chi connectivity index (χ4n) is 1.93. The minimum atomic E-state index is -0.206. The van der Waals surface area contributed by atoms with E-state index in [1.165, 1.54) is 0 Å². The highest BCUT2D eigenvalue weighted by atomic mass is 15.1. The van der Waals surface area contributed by atoms with Gasteiger partial charge in [0.05, 0.1) is 0 Å². The topological polar surface area (TPSA) is 39.5 Å². The first-order chi connectivity index (χ1) is 8.72. The molecule has 1 N–H and O–H groups in total. The van der Waals surface area contributed by atoms with Crippen LogP contribution in [-0.4, -0.2) is 14.1 Å². The van der Waals surface area contributed by atoms with E-state index >= 15 is 0 Å². The molecule has 0 aliphatic rings. The van der Waals surface area contributed by atoms with Crippen LogP contribution in [0.2, 0.25) is 0 Å². The number of benzene rings is 2. The van der Waals surface area contributed by atoms with Crippen molar-refractivity contribution in [2.24, 2.45) is 5.11 Å². The monoisotopic (exact) mass is 239 g/mol. The van der Waals surface area contributed by atoms with E-state index in [1.54, 1.807) is 0 Å². The van der Waals surface area contributed by atoms with Gasteiger partial charge in [-0.3, -0.25) is 0 Å². The van der Waals surface area contributed by atoms with Gasteiger partial charge < -0.3 is 4.90 Å². The van der Waals surface area contributed by atoms with E-state index in [4.69, 9.17) is 5.53 Å². The molecule has 0 saturated carbocycles. The zero-order valence-corrected chi connectivity index (χ0v) is 10.7. The molecule has 2 rings (SSSR count). The fraction of sp³-hybridized carbons (Fsp3) is 0.200. The van der Waals surface area contributed by atoms with Crippen LogP contribution in [0.4, 0.5) is 5.69 Å². The number of rotatable bonds is 4. The Hall–Kier alpha value is -2.16. The van der Waals surface area contributed by atoms with Crippen LogP contribution in [0, 0.1) is 5.53 Å². The van der Waals surface area contributed by atoms with Crippen LogP contribution in [0.15, 0.2) is 59.7 Å². The molecule has 0 bridgehead atoms. The van der Waals surface area contributed by atoms with Crippen LogP contribution < -0.4 is 4.90 Å². The van der Waals surface area contributed by atoms with Crippen LogP contribution in [0.1, 0.15) is 17.2 Å². The van der Waals surface area contributed by atoms with Crippen molar-refractivity contribution >= 4 is 5.69 Å². The number of hydrogen-bond donors (Lipinski definition) is 1. The lowest BCUT2D eigenvalue weighted by Gasteiger charge is -2.15. The zero-order valence-electron chi connectivity index (χ0n) is 10.7. The summed E-state index contributed by atoms with van der Waals surface area (Å²) in [6.07, 6.45) is 0. The molecule has 0 radical (unpaired) electrons. The van der Waals surface area contributed by atoms with Gasteiger partial charge in [0, 0.05) is 19.8 Å². The summed E-state index contributed by atoms with van der Waals surface area (Å²) >= 11 is 0. The second-order valence-corrected chi connectivity index (χ2v) is 4.43. The summed E-state index contributed by atoms with van der Waals surface area (Å²) in [4.78, 5) is 2.05. The van der Waals surface area contributed by atoms with Gasteiger partial charge in [0.15, 0.2) is 0 Å². The second-order valence-electron chi connectivity index (χ2n) is 4.43. The van der Waals surface area contributed by atoms with E-state index in [0.717, 1.165) is 16.8 Å². The first kappa shape index (κ1) is 12.3. The maximum Gasteiger partial charge on any atom is 0.121 e. The minimum Gasteiger partial charge on any atom is -0.378 e. The van der Waals surface area contributed by atoms with Crippen molar-refractivity contribution in [3.05, 3.63) is 65.7 Å². The predicted octanol–water partition coefficient (Wildman–Crippen LogP) is 3.87. The molecule has 1 atom stereocenters. The second kappa shape index (κ2) is 5.45. The summed E-state index contributed by atoms with van der Waals surface area (Å²) < 4.78 is 0. The highest BCUT2D eigenvalue weighted by Crippen LogP contribution is 2.27. The van der Waals surface area contributed by atoms with Crippen molar-refractivity contribution in [2.75, 3.05) is 19.0 Å². The third kappa shape index (κ3) is 2.56. The number of hydrogen-bond acceptors (Lipinski definition) is 3. The van der Waals surface area contributed by atoms with Crippen molar-refractivity contribution in [2.45, 2.75) is 6.04 Å². The Morgan fingerprint density at radius 3 is 1.94 bits per heavy atom. The molecule has 92 valence electrons. The Labute approximate surface area is 108 Å². The van der Waals surface area contributed by atoms with E-state index < -0.39 is 0 Å². The quantitative estimate of drug-likeness (QED) is 0.808. The summed E-state index contributed by atoms with van der Waals surface area (Å²) in [5.74, 6) is 0. The largest absolute Gasteiger partial charge is 0.378 e. The third-order valence-electron chi connectivity index (χ3n) is 2.97. The molecule has 0 fully saturated rings. The van der Waals surface area contributed by atoms with Gasteiger partial charge in [-0.2, -0.15) is 5.11 Å². The SMILES string of the molecule is CN(C)c1ccc(C(N=N)c2ccccc2)cc1. The van der Waals surface area contributed by atoms with Gasteiger partial charge >= 0.3 is 0 Å². The average Bonchev–Trinajstić information content (AvgIpc) is 2.41. The molecule has 1 unspecified atom stereocenters. The normalized spacial score (nSPS) is 11.9. The average molecular weight is 239 g/mol. The Bertz CT molecular complexity index is 503. The smallest absolute Gasteiger partial charge is 0.121 e. The highest BCUT2D eigenvalue weighted by Gasteiger charge is 2.12. The van der Waals surface area contributed by atoms with Gasteiger partial charge in [-0.05, 0) is 23.3 Å². The summed E-state index contributed by atoms with van der Waals surface area (Å²) in [7, 11) is 4.02. The van der Waals surface area contributed by atoms with Crippen molar-refractivity contribution in [3.63, 3.8) is 0 Å². The van der Waals surface area contributed by atoms with Crippen LogP contribution in [0.5, 0.6) is 0 Å². The zero-order chi connectivity index (χ0) is 13.0. The first-order valence-electron chi connectivity index (χ1n) is 5.91. The fourth-order valence-corrected chi connectivity index (χ4v) is 1.93. The van der Waals surface area contributed by atoms with Gasteiger partial charge in [0.2, 0.25) is 0 Å². The predicted molar refractivity (Wildman–Crippen MR) is 74.2 cm³/mol. The van der Waals surface area contributed by atoms with Crippen molar-refractivity contribution < 1.29 is 0 Å². The molecular formula is C15H17N3. The minimum absolute atomic E-state index is 0.206. The molecule has 3 nitrogen and oxygen atoms in total. The van der Waals surface area contributed by atoms with Crippen LogP contribution in [-0.2, 0) is 0 Å². The summed E-state index contributed by atoms with van der Waals surface area (Å²) in [6, 6.07) is 17.9. The molecule has 0 aliphatic carbocycles. The number of nitrogens with one attached hydrogen (secondary N) is 1. The molecule has 3 heteroatoms. The first-order valence-corrected chi connectivity index (χ1v) is 5.91. The lowest BCUT2D eigenvalue weighted by Crippen LogP contribution is -2.08. The van der Waals surface area contributed by atoms with Crippen LogP contribution in [0.25, 0.3) is 0 Å².